The SMILES string of the molecule is CCCCCCCCC1(CCCCCCCC)c2ccccc2-c2ccc(N(c3ccc4c(c3)C(c3ccc5c(c3)CC5)(c3ccc5c(c3)CC5)c3ccccc3-4)c3cccc4c3-c3ccccc3C4(c3ccc4c(c3)CC4)c3ccc4c(c3)CC4)cc21. The van der Waals surface area contributed by atoms with Gasteiger partial charge in [-0.15, -0.1) is 0 Å². The fourth-order valence-electron chi connectivity index (χ4n) is 18.3. The maximum absolute atomic E-state index is 2.76. The van der Waals surface area contributed by atoms with Crippen molar-refractivity contribution in [1.29, 1.82) is 0 Å². The smallest absolute Gasteiger partial charge is 0.0714 e. The number of benzene rings is 10. The van der Waals surface area contributed by atoms with Crippen molar-refractivity contribution in [3.05, 3.63) is 300 Å². The van der Waals surface area contributed by atoms with E-state index in [4.69, 9.17) is 0 Å². The number of rotatable bonds is 21. The molecular formula is C87H83N. The molecule has 0 heterocycles. The second-order valence-electron chi connectivity index (χ2n) is 27.7. The van der Waals surface area contributed by atoms with Gasteiger partial charge < -0.3 is 4.90 Å². The van der Waals surface area contributed by atoms with Crippen molar-refractivity contribution < 1.29 is 0 Å². The minimum absolute atomic E-state index is 0.0777. The standard InChI is InChI=1S/C87H83N/c1-3-5-7-9-11-19-50-85(51-20-12-10-8-6-4-2)77-25-16-13-22-72(77)74-48-46-70(56-81(74)85)88(71-47-49-75-73-23-14-17-26-78(73)87(82(75)57-71,68-44-40-60-32-36-64(60)54-68)69-45-41-61-33-37-65(61)55-69)83-29-21-28-80-84(83)76-24-15-18-27-79(76)86(80,66-42-38-58-30-34-62(58)52-66)67-43-39-59-31-35-63(59)53-67/h13-18,21-29,38-49,52-57H,3-12,19-20,30-37,50-51H2,1-2H3. The van der Waals surface area contributed by atoms with Crippen LogP contribution in [-0.2, 0) is 67.6 Å². The zero-order valence-electron chi connectivity index (χ0n) is 52.1. The Morgan fingerprint density at radius 2 is 0.659 bits per heavy atom. The summed E-state index contributed by atoms with van der Waals surface area (Å²) in [5.74, 6) is 0. The lowest BCUT2D eigenvalue weighted by Crippen LogP contribution is -2.30. The van der Waals surface area contributed by atoms with Gasteiger partial charge in [0.2, 0.25) is 0 Å². The van der Waals surface area contributed by atoms with Crippen LogP contribution < -0.4 is 4.90 Å². The number of hydrogen-bond acceptors (Lipinski definition) is 1. The Morgan fingerprint density at radius 3 is 1.14 bits per heavy atom. The van der Waals surface area contributed by atoms with Gasteiger partial charge in [0.25, 0.3) is 0 Å². The van der Waals surface area contributed by atoms with E-state index in [2.05, 4.69) is 219 Å². The first-order chi connectivity index (χ1) is 43.5. The Balaban J connectivity index is 0.923. The van der Waals surface area contributed by atoms with Crippen LogP contribution in [-0.4, -0.2) is 0 Å². The lowest BCUT2D eigenvalue weighted by atomic mass is 9.65. The second-order valence-corrected chi connectivity index (χ2v) is 27.7. The molecule has 0 bridgehead atoms. The van der Waals surface area contributed by atoms with E-state index < -0.39 is 10.8 Å². The summed E-state index contributed by atoms with van der Waals surface area (Å²) in [5.41, 5.74) is 37.1. The predicted octanol–water partition coefficient (Wildman–Crippen LogP) is 22.0. The van der Waals surface area contributed by atoms with Crippen LogP contribution in [0, 0.1) is 0 Å². The van der Waals surface area contributed by atoms with Crippen LogP contribution in [0.15, 0.2) is 200 Å². The highest BCUT2D eigenvalue weighted by atomic mass is 15.1. The van der Waals surface area contributed by atoms with Crippen molar-refractivity contribution in [2.75, 3.05) is 4.90 Å². The van der Waals surface area contributed by atoms with E-state index >= 15 is 0 Å². The summed E-state index contributed by atoms with van der Waals surface area (Å²) in [7, 11) is 0. The van der Waals surface area contributed by atoms with Gasteiger partial charge in [0.1, 0.15) is 0 Å². The number of unbranched alkanes of at least 4 members (excludes halogenated alkanes) is 10. The average molecular weight is 1140 g/mol. The number of fused-ring (bicyclic) bond motifs is 13. The molecule has 0 amide bonds. The highest BCUT2D eigenvalue weighted by Gasteiger charge is 2.51. The van der Waals surface area contributed by atoms with E-state index in [1.165, 1.54) is 261 Å². The summed E-state index contributed by atoms with van der Waals surface area (Å²) >= 11 is 0. The maximum Gasteiger partial charge on any atom is 0.0714 e. The average Bonchev–Trinajstić information content (AvgIpc) is 1.51. The van der Waals surface area contributed by atoms with Crippen LogP contribution in [0.4, 0.5) is 17.1 Å². The van der Waals surface area contributed by atoms with Crippen LogP contribution >= 0.6 is 0 Å². The van der Waals surface area contributed by atoms with Gasteiger partial charge in [0.05, 0.1) is 16.5 Å². The lowest BCUT2D eigenvalue weighted by molar-refractivity contribution is 0.398. The molecule has 10 aromatic rings. The molecule has 10 aromatic carbocycles. The van der Waals surface area contributed by atoms with Gasteiger partial charge in [-0.2, -0.15) is 0 Å². The molecule has 1 nitrogen and oxygen atoms in total. The third kappa shape index (κ3) is 8.10. The van der Waals surface area contributed by atoms with Gasteiger partial charge in [0.15, 0.2) is 0 Å². The van der Waals surface area contributed by atoms with Gasteiger partial charge in [-0.1, -0.05) is 261 Å². The largest absolute Gasteiger partial charge is 0.310 e. The van der Waals surface area contributed by atoms with Crippen LogP contribution in [0.5, 0.6) is 0 Å². The number of nitrogens with zero attached hydrogens (tertiary/aromatic N) is 1. The van der Waals surface area contributed by atoms with E-state index in [1.807, 2.05) is 0 Å². The first-order valence-corrected chi connectivity index (χ1v) is 34.5. The molecule has 7 aliphatic carbocycles. The van der Waals surface area contributed by atoms with E-state index in [0.717, 1.165) is 25.7 Å². The van der Waals surface area contributed by atoms with Crippen molar-refractivity contribution in [1.82, 2.24) is 0 Å². The Bertz CT molecular complexity index is 4280. The summed E-state index contributed by atoms with van der Waals surface area (Å²) < 4.78 is 0. The summed E-state index contributed by atoms with van der Waals surface area (Å²) in [6, 6.07) is 81.9. The molecule has 0 saturated heterocycles. The zero-order chi connectivity index (χ0) is 58.6. The molecule has 0 unspecified atom stereocenters. The minimum Gasteiger partial charge on any atom is -0.310 e. The van der Waals surface area contributed by atoms with Gasteiger partial charge in [-0.3, -0.25) is 0 Å². The molecular weight excluding hydrogens is 1060 g/mol. The molecule has 0 fully saturated rings. The van der Waals surface area contributed by atoms with Gasteiger partial charge in [-0.05, 0) is 222 Å². The molecule has 436 valence electrons. The van der Waals surface area contributed by atoms with Crippen LogP contribution in [0.3, 0.4) is 0 Å². The predicted molar refractivity (Wildman–Crippen MR) is 368 cm³/mol. The highest BCUT2D eigenvalue weighted by Crippen LogP contribution is 2.63. The van der Waals surface area contributed by atoms with Gasteiger partial charge >= 0.3 is 0 Å². The Hall–Kier alpha value is -8.00. The maximum atomic E-state index is 2.76. The van der Waals surface area contributed by atoms with E-state index in [9.17, 15) is 0 Å². The fourth-order valence-corrected chi connectivity index (χ4v) is 18.3. The summed E-state index contributed by atoms with van der Waals surface area (Å²) in [5, 5.41) is 0. The molecule has 0 aliphatic heterocycles. The third-order valence-corrected chi connectivity index (χ3v) is 23.2. The Labute approximate surface area is 524 Å². The quantitative estimate of drug-likeness (QED) is 0.0648. The number of anilines is 3. The fraction of sp³-hybridized carbons (Fsp3) is 0.310. The van der Waals surface area contributed by atoms with Crippen molar-refractivity contribution in [3.63, 3.8) is 0 Å². The van der Waals surface area contributed by atoms with Gasteiger partial charge in [0, 0.05) is 22.4 Å². The Kier molecular flexibility index (Phi) is 13.3. The molecule has 0 saturated carbocycles. The van der Waals surface area contributed by atoms with Crippen LogP contribution in [0.2, 0.25) is 0 Å². The summed E-state index contributed by atoms with van der Waals surface area (Å²) in [6.07, 6.45) is 27.3. The molecule has 0 N–H and O–H groups in total. The molecule has 0 aromatic heterocycles. The van der Waals surface area contributed by atoms with Crippen LogP contribution in [0.1, 0.15) is 204 Å². The van der Waals surface area contributed by atoms with E-state index in [0.29, 0.717) is 0 Å². The van der Waals surface area contributed by atoms with Crippen molar-refractivity contribution >= 4 is 17.1 Å². The summed E-state index contributed by atoms with van der Waals surface area (Å²) in [6.45, 7) is 4.69. The lowest BCUT2D eigenvalue weighted by Gasteiger charge is -2.38. The monoisotopic (exact) mass is 1140 g/mol. The first-order valence-electron chi connectivity index (χ1n) is 34.5. The Morgan fingerprint density at radius 1 is 0.284 bits per heavy atom. The molecule has 1 heteroatoms. The first kappa shape index (κ1) is 54.2. The van der Waals surface area contributed by atoms with E-state index in [-0.39, 0.29) is 5.41 Å². The zero-order valence-corrected chi connectivity index (χ0v) is 52.1. The van der Waals surface area contributed by atoms with Crippen molar-refractivity contribution in [2.45, 2.75) is 171 Å². The minimum atomic E-state index is -0.518. The molecule has 7 aliphatic rings. The van der Waals surface area contributed by atoms with E-state index in [1.54, 1.807) is 5.56 Å². The number of hydrogen-bond donors (Lipinski definition) is 0. The van der Waals surface area contributed by atoms with Crippen molar-refractivity contribution in [3.8, 4) is 33.4 Å². The molecule has 17 rings (SSSR count). The molecule has 0 radical (unpaired) electrons. The molecule has 88 heavy (non-hydrogen) atoms. The third-order valence-electron chi connectivity index (χ3n) is 23.2. The normalized spacial score (nSPS) is 16.2. The van der Waals surface area contributed by atoms with Gasteiger partial charge in [-0.25, -0.2) is 0 Å². The topological polar surface area (TPSA) is 3.24 Å². The highest BCUT2D eigenvalue weighted by molar-refractivity contribution is 5.99. The molecule has 0 atom stereocenters. The second kappa shape index (κ2) is 21.6. The summed E-state index contributed by atoms with van der Waals surface area (Å²) in [4.78, 5) is 2.76. The van der Waals surface area contributed by atoms with Crippen LogP contribution in [0.25, 0.3) is 33.4 Å². The number of aryl methyl sites for hydroxylation is 8. The van der Waals surface area contributed by atoms with Crippen molar-refractivity contribution in [2.24, 2.45) is 0 Å². The molecule has 0 spiro atoms.